The second-order valence-corrected chi connectivity index (χ2v) is 4.75. The maximum atomic E-state index is 11.8. The fourth-order valence-corrected chi connectivity index (χ4v) is 1.96. The average Bonchev–Trinajstić information content (AvgIpc) is 2.97. The minimum Gasteiger partial charge on any atom is -0.460 e. The van der Waals surface area contributed by atoms with Crippen molar-refractivity contribution in [2.75, 3.05) is 13.2 Å². The molecule has 0 aliphatic carbocycles. The molecule has 0 fully saturated rings. The van der Waals surface area contributed by atoms with Gasteiger partial charge in [0.05, 0.1) is 17.1 Å². The Labute approximate surface area is 126 Å². The number of aryl methyl sites for hydroxylation is 1. The molecular formula is C14H14ClN3O3. The predicted molar refractivity (Wildman–Crippen MR) is 77.4 cm³/mol. The van der Waals surface area contributed by atoms with Gasteiger partial charge in [0.15, 0.2) is 0 Å². The number of carbonyl (C=O) groups excluding carboxylic acids is 2. The van der Waals surface area contributed by atoms with E-state index in [1.807, 2.05) is 6.92 Å². The van der Waals surface area contributed by atoms with E-state index in [9.17, 15) is 9.59 Å². The molecule has 110 valence electrons. The Morgan fingerprint density at radius 1 is 1.38 bits per heavy atom. The molecule has 6 nitrogen and oxygen atoms in total. The highest BCUT2D eigenvalue weighted by Crippen LogP contribution is 2.18. The molecule has 1 aromatic carbocycles. The molecule has 0 unspecified atom stereocenters. The Morgan fingerprint density at radius 2 is 2.19 bits per heavy atom. The van der Waals surface area contributed by atoms with E-state index >= 15 is 0 Å². The standard InChI is InChI=1S/C14H14ClN3O3/c1-9-2-3-10(11(15)8-9)14(20)21-7-6-16-13(19)12-4-5-17-18-12/h2-5,8H,6-7H2,1H3,(H,16,19)(H,17,18). The number of ether oxygens (including phenoxy) is 1. The summed E-state index contributed by atoms with van der Waals surface area (Å²) in [5.74, 6) is -0.826. The number of halogens is 1. The number of H-pyrrole nitrogens is 1. The molecule has 0 spiro atoms. The summed E-state index contributed by atoms with van der Waals surface area (Å²) in [4.78, 5) is 23.4. The SMILES string of the molecule is Cc1ccc(C(=O)OCCNC(=O)c2ccn[nH]2)c(Cl)c1. The molecular weight excluding hydrogens is 294 g/mol. The van der Waals surface area contributed by atoms with Gasteiger partial charge in [-0.05, 0) is 30.7 Å². The number of nitrogens with zero attached hydrogens (tertiary/aromatic N) is 1. The molecule has 0 bridgehead atoms. The maximum absolute atomic E-state index is 11.8. The molecule has 0 saturated heterocycles. The number of esters is 1. The number of benzene rings is 1. The number of nitrogens with one attached hydrogen (secondary N) is 2. The zero-order chi connectivity index (χ0) is 15.2. The van der Waals surface area contributed by atoms with E-state index in [-0.39, 0.29) is 19.1 Å². The molecule has 2 N–H and O–H groups in total. The van der Waals surface area contributed by atoms with Crippen LogP contribution in [0, 0.1) is 6.92 Å². The summed E-state index contributed by atoms with van der Waals surface area (Å²) in [5.41, 5.74) is 1.62. The van der Waals surface area contributed by atoms with Crippen molar-refractivity contribution in [2.45, 2.75) is 6.92 Å². The van der Waals surface area contributed by atoms with Gasteiger partial charge in [-0.1, -0.05) is 17.7 Å². The van der Waals surface area contributed by atoms with E-state index in [0.717, 1.165) is 5.56 Å². The Morgan fingerprint density at radius 3 is 2.86 bits per heavy atom. The number of hydrogen-bond donors (Lipinski definition) is 2. The third-order valence-corrected chi connectivity index (χ3v) is 3.02. The topological polar surface area (TPSA) is 84.1 Å². The highest BCUT2D eigenvalue weighted by Gasteiger charge is 2.12. The van der Waals surface area contributed by atoms with Gasteiger partial charge in [0.1, 0.15) is 12.3 Å². The molecule has 1 amide bonds. The predicted octanol–water partition coefficient (Wildman–Crippen LogP) is 1.96. The molecule has 0 aliphatic rings. The van der Waals surface area contributed by atoms with Gasteiger partial charge in [0.2, 0.25) is 0 Å². The first-order valence-corrected chi connectivity index (χ1v) is 6.66. The van der Waals surface area contributed by atoms with Crippen LogP contribution in [0.3, 0.4) is 0 Å². The van der Waals surface area contributed by atoms with Crippen LogP contribution >= 0.6 is 11.6 Å². The lowest BCUT2D eigenvalue weighted by molar-refractivity contribution is 0.0503. The molecule has 21 heavy (non-hydrogen) atoms. The van der Waals surface area contributed by atoms with E-state index in [0.29, 0.717) is 16.3 Å². The lowest BCUT2D eigenvalue weighted by Gasteiger charge is -2.07. The quantitative estimate of drug-likeness (QED) is 0.653. The van der Waals surface area contributed by atoms with Crippen LogP contribution in [0.2, 0.25) is 5.02 Å². The van der Waals surface area contributed by atoms with E-state index < -0.39 is 5.97 Å². The lowest BCUT2D eigenvalue weighted by Crippen LogP contribution is -2.28. The van der Waals surface area contributed by atoms with Crippen molar-refractivity contribution < 1.29 is 14.3 Å². The van der Waals surface area contributed by atoms with Gasteiger partial charge in [-0.2, -0.15) is 5.10 Å². The average molecular weight is 308 g/mol. The van der Waals surface area contributed by atoms with Gasteiger partial charge in [-0.3, -0.25) is 9.89 Å². The molecule has 0 saturated carbocycles. The van der Waals surface area contributed by atoms with Gasteiger partial charge in [-0.25, -0.2) is 4.79 Å². The van der Waals surface area contributed by atoms with Crippen molar-refractivity contribution in [2.24, 2.45) is 0 Å². The van der Waals surface area contributed by atoms with Crippen LogP contribution in [-0.2, 0) is 4.74 Å². The molecule has 1 heterocycles. The minimum absolute atomic E-state index is 0.0584. The van der Waals surface area contributed by atoms with Crippen LogP contribution in [0.1, 0.15) is 26.4 Å². The highest BCUT2D eigenvalue weighted by molar-refractivity contribution is 6.33. The minimum atomic E-state index is -0.518. The first-order chi connectivity index (χ1) is 10.1. The van der Waals surface area contributed by atoms with Crippen molar-refractivity contribution in [3.05, 3.63) is 52.3 Å². The summed E-state index contributed by atoms with van der Waals surface area (Å²) in [7, 11) is 0. The largest absolute Gasteiger partial charge is 0.460 e. The smallest absolute Gasteiger partial charge is 0.339 e. The second-order valence-electron chi connectivity index (χ2n) is 4.35. The summed E-state index contributed by atoms with van der Waals surface area (Å²) in [6, 6.07) is 6.64. The van der Waals surface area contributed by atoms with Crippen molar-refractivity contribution in [1.82, 2.24) is 15.5 Å². The van der Waals surface area contributed by atoms with E-state index in [1.54, 1.807) is 24.3 Å². The van der Waals surface area contributed by atoms with Gasteiger partial charge in [0, 0.05) is 6.20 Å². The number of rotatable bonds is 5. The Bertz CT molecular complexity index is 641. The van der Waals surface area contributed by atoms with Gasteiger partial charge < -0.3 is 10.1 Å². The van der Waals surface area contributed by atoms with Crippen LogP contribution < -0.4 is 5.32 Å². The van der Waals surface area contributed by atoms with E-state index in [4.69, 9.17) is 16.3 Å². The highest BCUT2D eigenvalue weighted by atomic mass is 35.5. The first kappa shape index (κ1) is 15.1. The zero-order valence-electron chi connectivity index (χ0n) is 11.4. The summed E-state index contributed by atoms with van der Waals surface area (Å²) in [6.45, 7) is 2.14. The first-order valence-electron chi connectivity index (χ1n) is 6.29. The number of carbonyl (C=O) groups is 2. The molecule has 1 aromatic heterocycles. The maximum Gasteiger partial charge on any atom is 0.339 e. The molecule has 0 radical (unpaired) electrons. The molecule has 0 aliphatic heterocycles. The number of aromatic amines is 1. The molecule has 2 rings (SSSR count). The van der Waals surface area contributed by atoms with Crippen molar-refractivity contribution in [3.63, 3.8) is 0 Å². The number of amides is 1. The fourth-order valence-electron chi connectivity index (χ4n) is 1.65. The molecule has 0 atom stereocenters. The molecule has 2 aromatic rings. The summed E-state index contributed by atoms with van der Waals surface area (Å²) < 4.78 is 5.05. The van der Waals surface area contributed by atoms with Crippen molar-refractivity contribution in [1.29, 1.82) is 0 Å². The monoisotopic (exact) mass is 307 g/mol. The summed E-state index contributed by atoms with van der Waals surface area (Å²) >= 11 is 5.97. The van der Waals surface area contributed by atoms with Gasteiger partial charge in [0.25, 0.3) is 5.91 Å². The Balaban J connectivity index is 1.78. The van der Waals surface area contributed by atoms with E-state index in [1.165, 1.54) is 6.20 Å². The van der Waals surface area contributed by atoms with Gasteiger partial charge in [-0.15, -0.1) is 0 Å². The van der Waals surface area contributed by atoms with Crippen LogP contribution in [0.25, 0.3) is 0 Å². The summed E-state index contributed by atoms with van der Waals surface area (Å²) in [6.07, 6.45) is 1.48. The Kier molecular flexibility index (Phi) is 4.94. The van der Waals surface area contributed by atoms with Crippen LogP contribution in [0.4, 0.5) is 0 Å². The zero-order valence-corrected chi connectivity index (χ0v) is 12.1. The van der Waals surface area contributed by atoms with Crippen molar-refractivity contribution >= 4 is 23.5 Å². The van der Waals surface area contributed by atoms with Crippen LogP contribution in [0.15, 0.2) is 30.5 Å². The number of hydrogen-bond acceptors (Lipinski definition) is 4. The normalized spacial score (nSPS) is 10.2. The van der Waals surface area contributed by atoms with Crippen LogP contribution in [0.5, 0.6) is 0 Å². The molecule has 7 heteroatoms. The van der Waals surface area contributed by atoms with Crippen molar-refractivity contribution in [3.8, 4) is 0 Å². The lowest BCUT2D eigenvalue weighted by atomic mass is 10.1. The Hall–Kier alpha value is -2.34. The summed E-state index contributed by atoms with van der Waals surface area (Å²) in [5, 5.41) is 9.15. The fraction of sp³-hybridized carbons (Fsp3) is 0.214. The van der Waals surface area contributed by atoms with E-state index in [2.05, 4.69) is 15.5 Å². The second kappa shape index (κ2) is 6.90. The van der Waals surface area contributed by atoms with Crippen LogP contribution in [-0.4, -0.2) is 35.2 Å². The van der Waals surface area contributed by atoms with Gasteiger partial charge >= 0.3 is 5.97 Å². The third kappa shape index (κ3) is 4.06. The third-order valence-electron chi connectivity index (χ3n) is 2.71. The number of aromatic nitrogens is 2.